The molecule has 0 fully saturated rings. The number of nitrogens with one attached hydrogen (secondary N) is 1. The average molecular weight is 320 g/mol. The summed E-state index contributed by atoms with van der Waals surface area (Å²) >= 11 is 0. The summed E-state index contributed by atoms with van der Waals surface area (Å²) in [6.45, 7) is 6.07. The van der Waals surface area contributed by atoms with Crippen molar-refractivity contribution in [1.29, 1.82) is 0 Å². The third-order valence-electron chi connectivity index (χ3n) is 2.86. The number of rotatable bonds is 7. The van der Waals surface area contributed by atoms with Gasteiger partial charge in [-0.25, -0.2) is 9.97 Å². The number of amides is 1. The Kier molecular flexibility index (Phi) is 8.45. The predicted molar refractivity (Wildman–Crippen MR) is 86.1 cm³/mol. The predicted octanol–water partition coefficient (Wildman–Crippen LogP) is 1.86. The summed E-state index contributed by atoms with van der Waals surface area (Å²) in [7, 11) is 0. The first-order valence-electron chi connectivity index (χ1n) is 7.77. The van der Waals surface area contributed by atoms with Crippen LogP contribution in [0.1, 0.15) is 52.0 Å². The van der Waals surface area contributed by atoms with Crippen LogP contribution in [0.3, 0.4) is 0 Å². The van der Waals surface area contributed by atoms with Gasteiger partial charge < -0.3 is 15.5 Å². The summed E-state index contributed by atoms with van der Waals surface area (Å²) in [5.41, 5.74) is 6.03. The van der Waals surface area contributed by atoms with E-state index in [4.69, 9.17) is 10.2 Å². The van der Waals surface area contributed by atoms with Gasteiger partial charge in [0.2, 0.25) is 11.8 Å². The van der Waals surface area contributed by atoms with Crippen molar-refractivity contribution in [2.75, 3.05) is 6.54 Å². The Morgan fingerprint density at radius 2 is 2.13 bits per heavy atom. The molecule has 0 aromatic carbocycles. The van der Waals surface area contributed by atoms with Crippen molar-refractivity contribution in [3.63, 3.8) is 0 Å². The molecule has 1 unspecified atom stereocenters. The Morgan fingerprint density at radius 1 is 1.35 bits per heavy atom. The van der Waals surface area contributed by atoms with Crippen LogP contribution in [0.2, 0.25) is 0 Å². The van der Waals surface area contributed by atoms with E-state index in [1.165, 1.54) is 13.3 Å². The van der Waals surface area contributed by atoms with Crippen molar-refractivity contribution < 1.29 is 9.21 Å². The molecule has 2 aromatic heterocycles. The summed E-state index contributed by atoms with van der Waals surface area (Å²) < 4.78 is 5.60. The zero-order valence-corrected chi connectivity index (χ0v) is 13.8. The minimum Gasteiger partial charge on any atom is -0.417 e. The molecule has 3 N–H and O–H groups in total. The third kappa shape index (κ3) is 6.11. The molecule has 0 saturated carbocycles. The summed E-state index contributed by atoms with van der Waals surface area (Å²) in [5, 5.41) is 10.8. The number of unbranched alkanes of at least 4 members (excludes halogenated alkanes) is 1. The van der Waals surface area contributed by atoms with E-state index in [1.54, 1.807) is 12.3 Å². The van der Waals surface area contributed by atoms with E-state index < -0.39 is 0 Å². The molecule has 2 rings (SSSR count). The van der Waals surface area contributed by atoms with Crippen LogP contribution in [0.25, 0.3) is 11.6 Å². The SMILES string of the molecule is CC.CC(=O)NC(CCCCN)c1nnc(-c2ccncn2)o1. The molecule has 8 heteroatoms. The van der Waals surface area contributed by atoms with E-state index in [-0.39, 0.29) is 11.9 Å². The first-order chi connectivity index (χ1) is 11.2. The minimum absolute atomic E-state index is 0.144. The molecule has 8 nitrogen and oxygen atoms in total. The Labute approximate surface area is 135 Å². The molecule has 0 radical (unpaired) electrons. The molecule has 0 aliphatic rings. The molecule has 0 spiro atoms. The number of aromatic nitrogens is 4. The van der Waals surface area contributed by atoms with E-state index in [2.05, 4.69) is 25.5 Å². The second-order valence-corrected chi connectivity index (χ2v) is 4.58. The fraction of sp³-hybridized carbons (Fsp3) is 0.533. The lowest BCUT2D eigenvalue weighted by molar-refractivity contribution is -0.119. The highest BCUT2D eigenvalue weighted by molar-refractivity contribution is 5.73. The molecule has 0 bridgehead atoms. The van der Waals surface area contributed by atoms with Gasteiger partial charge in [0, 0.05) is 13.1 Å². The zero-order chi connectivity index (χ0) is 17.1. The third-order valence-corrected chi connectivity index (χ3v) is 2.86. The quantitative estimate of drug-likeness (QED) is 0.747. The first kappa shape index (κ1) is 18.7. The van der Waals surface area contributed by atoms with E-state index >= 15 is 0 Å². The molecule has 126 valence electrons. The molecule has 1 amide bonds. The Balaban J connectivity index is 0.00000127. The van der Waals surface area contributed by atoms with Crippen LogP contribution in [-0.4, -0.2) is 32.6 Å². The summed E-state index contributed by atoms with van der Waals surface area (Å²) in [5.74, 6) is 0.534. The standard InChI is InChI=1S/C13H18N6O2.C2H6/c1-9(20)17-11(4-2-3-6-14)13-19-18-12(21-13)10-5-7-15-8-16-10;1-2/h5,7-8,11H,2-4,6,14H2,1H3,(H,17,20);1-2H3. The lowest BCUT2D eigenvalue weighted by Crippen LogP contribution is -2.26. The van der Waals surface area contributed by atoms with Crippen LogP contribution >= 0.6 is 0 Å². The van der Waals surface area contributed by atoms with Crippen LogP contribution in [0, 0.1) is 0 Å². The summed E-state index contributed by atoms with van der Waals surface area (Å²) in [6.07, 6.45) is 5.45. The normalized spacial score (nSPS) is 11.3. The van der Waals surface area contributed by atoms with Gasteiger partial charge in [-0.05, 0) is 31.9 Å². The number of carbonyl (C=O) groups is 1. The van der Waals surface area contributed by atoms with E-state index in [9.17, 15) is 4.79 Å². The highest BCUT2D eigenvalue weighted by Gasteiger charge is 2.20. The lowest BCUT2D eigenvalue weighted by Gasteiger charge is -2.13. The average Bonchev–Trinajstić information content (AvgIpc) is 3.06. The molecular formula is C15H24N6O2. The molecule has 0 aliphatic heterocycles. The second-order valence-electron chi connectivity index (χ2n) is 4.58. The van der Waals surface area contributed by atoms with E-state index in [0.29, 0.717) is 30.4 Å². The monoisotopic (exact) mass is 320 g/mol. The van der Waals surface area contributed by atoms with Crippen LogP contribution in [0.5, 0.6) is 0 Å². The topological polar surface area (TPSA) is 120 Å². The largest absolute Gasteiger partial charge is 0.417 e. The molecule has 23 heavy (non-hydrogen) atoms. The molecule has 1 atom stereocenters. The van der Waals surface area contributed by atoms with E-state index in [1.807, 2.05) is 13.8 Å². The van der Waals surface area contributed by atoms with Gasteiger partial charge in [0.15, 0.2) is 0 Å². The van der Waals surface area contributed by atoms with Gasteiger partial charge in [-0.15, -0.1) is 10.2 Å². The van der Waals surface area contributed by atoms with Gasteiger partial charge in [0.1, 0.15) is 18.1 Å². The van der Waals surface area contributed by atoms with Crippen LogP contribution < -0.4 is 11.1 Å². The molecule has 2 heterocycles. The Bertz CT molecular complexity index is 572. The molecule has 0 saturated heterocycles. The smallest absolute Gasteiger partial charge is 0.266 e. The van der Waals surface area contributed by atoms with Crippen molar-refractivity contribution >= 4 is 5.91 Å². The number of hydrogen-bond acceptors (Lipinski definition) is 7. The molecular weight excluding hydrogens is 296 g/mol. The maximum Gasteiger partial charge on any atom is 0.266 e. The maximum atomic E-state index is 11.3. The Morgan fingerprint density at radius 3 is 2.74 bits per heavy atom. The lowest BCUT2D eigenvalue weighted by atomic mass is 10.1. The van der Waals surface area contributed by atoms with Crippen LogP contribution in [0.15, 0.2) is 23.0 Å². The van der Waals surface area contributed by atoms with Crippen molar-refractivity contribution in [2.24, 2.45) is 5.73 Å². The minimum atomic E-state index is -0.308. The molecule has 0 aliphatic carbocycles. The van der Waals surface area contributed by atoms with Crippen molar-refractivity contribution in [1.82, 2.24) is 25.5 Å². The van der Waals surface area contributed by atoms with Crippen molar-refractivity contribution in [3.05, 3.63) is 24.5 Å². The first-order valence-corrected chi connectivity index (χ1v) is 7.77. The van der Waals surface area contributed by atoms with Gasteiger partial charge in [-0.1, -0.05) is 13.8 Å². The number of nitrogens with zero attached hydrogens (tertiary/aromatic N) is 4. The fourth-order valence-corrected chi connectivity index (χ4v) is 1.89. The van der Waals surface area contributed by atoms with Crippen LogP contribution in [0.4, 0.5) is 0 Å². The van der Waals surface area contributed by atoms with Crippen molar-refractivity contribution in [2.45, 2.75) is 46.1 Å². The highest BCUT2D eigenvalue weighted by atomic mass is 16.4. The highest BCUT2D eigenvalue weighted by Crippen LogP contribution is 2.22. The van der Waals surface area contributed by atoms with Crippen LogP contribution in [-0.2, 0) is 4.79 Å². The van der Waals surface area contributed by atoms with Gasteiger partial charge in [0.25, 0.3) is 5.89 Å². The van der Waals surface area contributed by atoms with Gasteiger partial charge in [0.05, 0.1) is 0 Å². The zero-order valence-electron chi connectivity index (χ0n) is 13.8. The number of hydrogen-bond donors (Lipinski definition) is 2. The summed E-state index contributed by atoms with van der Waals surface area (Å²) in [4.78, 5) is 19.2. The molecule has 2 aromatic rings. The van der Waals surface area contributed by atoms with Gasteiger partial charge >= 0.3 is 0 Å². The summed E-state index contributed by atoms with van der Waals surface area (Å²) in [6, 6.07) is 1.37. The Hall–Kier alpha value is -2.35. The van der Waals surface area contributed by atoms with E-state index in [0.717, 1.165) is 12.8 Å². The number of nitrogens with two attached hydrogens (primary N) is 1. The maximum absolute atomic E-state index is 11.3. The van der Waals surface area contributed by atoms with Crippen molar-refractivity contribution in [3.8, 4) is 11.6 Å². The van der Waals surface area contributed by atoms with Gasteiger partial charge in [-0.3, -0.25) is 4.79 Å². The number of carbonyl (C=O) groups excluding carboxylic acids is 1. The fourth-order valence-electron chi connectivity index (χ4n) is 1.89. The second kappa shape index (κ2) is 10.4. The van der Waals surface area contributed by atoms with Gasteiger partial charge in [-0.2, -0.15) is 0 Å².